The van der Waals surface area contributed by atoms with Gasteiger partial charge in [-0.15, -0.1) is 10.2 Å². The number of phenols is 1. The number of ether oxygens (including phenoxy) is 1. The van der Waals surface area contributed by atoms with Gasteiger partial charge in [-0.3, -0.25) is 14.5 Å². The molecule has 14 nitrogen and oxygen atoms in total. The van der Waals surface area contributed by atoms with Crippen LogP contribution in [0.4, 0.5) is 24.8 Å². The van der Waals surface area contributed by atoms with E-state index in [-0.39, 0.29) is 48.2 Å². The van der Waals surface area contributed by atoms with Gasteiger partial charge in [-0.25, -0.2) is 4.68 Å². The number of hydrogen-bond donors (Lipinski definition) is 4. The molecule has 238 valence electrons. The number of alkyl halides is 3. The van der Waals surface area contributed by atoms with E-state index in [2.05, 4.69) is 25.8 Å². The second-order valence-electron chi connectivity index (χ2n) is 10.5. The maximum absolute atomic E-state index is 13.9. The molecule has 4 heterocycles. The van der Waals surface area contributed by atoms with Crippen molar-refractivity contribution in [3.05, 3.63) is 83.8 Å². The van der Waals surface area contributed by atoms with E-state index < -0.39 is 41.9 Å². The Morgan fingerprint density at radius 3 is 2.74 bits per heavy atom. The van der Waals surface area contributed by atoms with Crippen LogP contribution < -0.4 is 16.0 Å². The number of nitrogens with zero attached hydrogens (tertiary/aromatic N) is 6. The molecule has 5 aromatic rings. The van der Waals surface area contributed by atoms with Crippen LogP contribution in [0.2, 0.25) is 0 Å². The van der Waals surface area contributed by atoms with Crippen molar-refractivity contribution in [2.24, 2.45) is 0 Å². The Labute approximate surface area is 257 Å². The number of carbonyl (C=O) groups excluding carboxylic acids is 2. The number of morpholine rings is 1. The summed E-state index contributed by atoms with van der Waals surface area (Å²) in [4.78, 5) is 28.1. The fraction of sp³-hybridized carbons (Fsp3) is 0.241. The summed E-state index contributed by atoms with van der Waals surface area (Å²) in [6.45, 7) is -0.525. The van der Waals surface area contributed by atoms with Crippen molar-refractivity contribution in [2.45, 2.75) is 24.3 Å². The number of anilines is 2. The molecule has 1 saturated heterocycles. The molecule has 2 amide bonds. The lowest BCUT2D eigenvalue weighted by Crippen LogP contribution is -2.63. The zero-order valence-electron chi connectivity index (χ0n) is 23.7. The zero-order valence-corrected chi connectivity index (χ0v) is 23.7. The van der Waals surface area contributed by atoms with Crippen LogP contribution in [0.1, 0.15) is 21.6 Å². The van der Waals surface area contributed by atoms with Gasteiger partial charge in [-0.2, -0.15) is 18.3 Å². The van der Waals surface area contributed by atoms with Crippen molar-refractivity contribution in [2.75, 3.05) is 30.3 Å². The fourth-order valence-electron chi connectivity index (χ4n) is 5.13. The molecule has 2 atom stereocenters. The number of halogens is 3. The Hall–Kier alpha value is -5.55. The molecule has 1 fully saturated rings. The van der Waals surface area contributed by atoms with Crippen LogP contribution in [0.5, 0.6) is 5.75 Å². The van der Waals surface area contributed by atoms with Crippen molar-refractivity contribution >= 4 is 34.4 Å². The average Bonchev–Trinajstić information content (AvgIpc) is 3.67. The smallest absolute Gasteiger partial charge is 0.435 e. The number of para-hydroxylation sites is 1. The van der Waals surface area contributed by atoms with Crippen LogP contribution in [-0.2, 0) is 22.1 Å². The van der Waals surface area contributed by atoms with Gasteiger partial charge in [0.15, 0.2) is 29.0 Å². The van der Waals surface area contributed by atoms with Crippen LogP contribution in [0.25, 0.3) is 16.7 Å². The minimum atomic E-state index is -4.73. The van der Waals surface area contributed by atoms with Gasteiger partial charge in [-0.05, 0) is 35.9 Å². The summed E-state index contributed by atoms with van der Waals surface area (Å²) < 4.78 is 51.7. The first-order valence-electron chi connectivity index (χ1n) is 13.7. The number of hydrogen-bond acceptors (Lipinski definition) is 11. The van der Waals surface area contributed by atoms with E-state index in [0.29, 0.717) is 16.5 Å². The third-order valence-electron chi connectivity index (χ3n) is 7.40. The van der Waals surface area contributed by atoms with Crippen LogP contribution in [0.15, 0.2) is 71.5 Å². The summed E-state index contributed by atoms with van der Waals surface area (Å²) in [6.07, 6.45) is -4.05. The van der Waals surface area contributed by atoms with Crippen LogP contribution in [-0.4, -0.2) is 78.6 Å². The van der Waals surface area contributed by atoms with Gasteiger partial charge >= 0.3 is 6.18 Å². The predicted molar refractivity (Wildman–Crippen MR) is 154 cm³/mol. The topological polar surface area (TPSA) is 195 Å². The van der Waals surface area contributed by atoms with Gasteiger partial charge < -0.3 is 30.5 Å². The Morgan fingerprint density at radius 2 is 1.96 bits per heavy atom. The van der Waals surface area contributed by atoms with Crippen molar-refractivity contribution in [3.8, 4) is 11.4 Å². The standard InChI is InChI=1S/C29H25F3N8O6/c30-29(31,32)22-12-17(14-35-36-22)40-8-7-23(37-40)39-9-10-45-24(27(39)43)28(44,15-34-26(42)18-3-1-2-4-20(18)41)13-16-5-6-19-21(11-16)46-38-25(19)33/h1-8,11-12,14,24,41,44H,9-10,13,15H2,(H2,33,38)(H,34,42)/t24-,28?/m0/s1. The minimum Gasteiger partial charge on any atom is -0.507 e. The van der Waals surface area contributed by atoms with Crippen molar-refractivity contribution < 1.29 is 42.2 Å². The molecule has 0 spiro atoms. The number of fused-ring (bicyclic) bond motifs is 1. The molecule has 0 bridgehead atoms. The second-order valence-corrected chi connectivity index (χ2v) is 10.5. The van der Waals surface area contributed by atoms with E-state index in [1.165, 1.54) is 29.3 Å². The first-order valence-corrected chi connectivity index (χ1v) is 13.7. The molecule has 1 aliphatic heterocycles. The van der Waals surface area contributed by atoms with Crippen LogP contribution in [0, 0.1) is 0 Å². The highest BCUT2D eigenvalue weighted by Gasteiger charge is 2.47. The maximum Gasteiger partial charge on any atom is 0.435 e. The summed E-state index contributed by atoms with van der Waals surface area (Å²) in [5, 5.41) is 39.8. The minimum absolute atomic E-state index is 0.0123. The third-order valence-corrected chi connectivity index (χ3v) is 7.40. The number of aliphatic hydroxyl groups is 1. The number of nitrogens with one attached hydrogen (secondary N) is 1. The number of amides is 2. The number of aromatic hydroxyl groups is 1. The van der Waals surface area contributed by atoms with E-state index in [0.717, 1.165) is 16.9 Å². The van der Waals surface area contributed by atoms with Crippen LogP contribution >= 0.6 is 0 Å². The van der Waals surface area contributed by atoms with E-state index in [1.54, 1.807) is 30.3 Å². The molecular weight excluding hydrogens is 613 g/mol. The first kappa shape index (κ1) is 30.5. The summed E-state index contributed by atoms with van der Waals surface area (Å²) in [5.41, 5.74) is 3.27. The Morgan fingerprint density at radius 1 is 1.15 bits per heavy atom. The number of benzene rings is 2. The van der Waals surface area contributed by atoms with Gasteiger partial charge in [0, 0.05) is 18.7 Å². The molecule has 2 aromatic carbocycles. The van der Waals surface area contributed by atoms with Crippen molar-refractivity contribution in [1.29, 1.82) is 0 Å². The summed E-state index contributed by atoms with van der Waals surface area (Å²) >= 11 is 0. The molecule has 6 rings (SSSR count). The van der Waals surface area contributed by atoms with E-state index in [4.69, 9.17) is 15.0 Å². The highest BCUT2D eigenvalue weighted by molar-refractivity contribution is 5.98. The van der Waals surface area contributed by atoms with Crippen LogP contribution in [0.3, 0.4) is 0 Å². The second kappa shape index (κ2) is 11.8. The van der Waals surface area contributed by atoms with Gasteiger partial charge in [0.2, 0.25) is 0 Å². The monoisotopic (exact) mass is 638 g/mol. The van der Waals surface area contributed by atoms with Crippen molar-refractivity contribution in [1.82, 2.24) is 30.5 Å². The molecule has 0 radical (unpaired) electrons. The highest BCUT2D eigenvalue weighted by atomic mass is 19.4. The Bertz CT molecular complexity index is 1930. The first-order chi connectivity index (χ1) is 21.9. The van der Waals surface area contributed by atoms with Gasteiger partial charge in [0.05, 0.1) is 42.5 Å². The van der Waals surface area contributed by atoms with E-state index >= 15 is 0 Å². The lowest BCUT2D eigenvalue weighted by atomic mass is 9.86. The van der Waals surface area contributed by atoms with E-state index in [1.807, 2.05) is 0 Å². The van der Waals surface area contributed by atoms with E-state index in [9.17, 15) is 33.0 Å². The Balaban J connectivity index is 1.29. The molecular formula is C29H25F3N8O6. The molecule has 1 unspecified atom stereocenters. The third kappa shape index (κ3) is 5.92. The summed E-state index contributed by atoms with van der Waals surface area (Å²) in [7, 11) is 0. The number of nitrogen functional groups attached to an aromatic ring is 1. The maximum atomic E-state index is 13.9. The van der Waals surface area contributed by atoms with Crippen molar-refractivity contribution in [3.63, 3.8) is 0 Å². The zero-order chi connectivity index (χ0) is 32.6. The normalized spacial score (nSPS) is 16.8. The molecule has 0 saturated carbocycles. The predicted octanol–water partition coefficient (Wildman–Crippen LogP) is 2.25. The molecule has 17 heteroatoms. The number of carbonyl (C=O) groups is 2. The Kier molecular flexibility index (Phi) is 7.79. The number of phenolic OH excluding ortho intramolecular Hbond substituents is 1. The summed E-state index contributed by atoms with van der Waals surface area (Å²) in [6, 6.07) is 12.9. The van der Waals surface area contributed by atoms with Gasteiger partial charge in [0.1, 0.15) is 11.4 Å². The lowest BCUT2D eigenvalue weighted by molar-refractivity contribution is -0.157. The quantitative estimate of drug-likeness (QED) is 0.195. The largest absolute Gasteiger partial charge is 0.507 e. The SMILES string of the molecule is Nc1noc2cc(CC(O)(CNC(=O)c3ccccc3O)[C@H]3OCCN(c4ccn(-c5cnnc(C(F)(F)F)c5)n4)C3=O)ccc12. The van der Waals surface area contributed by atoms with Gasteiger partial charge in [-0.1, -0.05) is 23.4 Å². The lowest BCUT2D eigenvalue weighted by Gasteiger charge is -2.40. The summed E-state index contributed by atoms with van der Waals surface area (Å²) in [5.74, 6) is -1.47. The molecule has 3 aromatic heterocycles. The molecule has 0 aliphatic carbocycles. The fourth-order valence-corrected chi connectivity index (χ4v) is 5.13. The molecule has 5 N–H and O–H groups in total. The highest BCUT2D eigenvalue weighted by Crippen LogP contribution is 2.31. The average molecular weight is 639 g/mol. The number of aromatic nitrogens is 5. The number of nitrogens with two attached hydrogens (primary N) is 1. The number of rotatable bonds is 8. The molecule has 46 heavy (non-hydrogen) atoms. The van der Waals surface area contributed by atoms with Gasteiger partial charge in [0.25, 0.3) is 11.8 Å². The molecule has 1 aliphatic rings.